The molecule has 0 bridgehead atoms. The van der Waals surface area contributed by atoms with E-state index in [1.54, 1.807) is 42.7 Å². The normalized spacial score (nSPS) is 15.5. The maximum absolute atomic E-state index is 13.0. The van der Waals surface area contributed by atoms with Gasteiger partial charge in [-0.05, 0) is 43.2 Å². The zero-order valence-corrected chi connectivity index (χ0v) is 17.3. The van der Waals surface area contributed by atoms with Crippen LogP contribution in [0.1, 0.15) is 29.6 Å². The molecule has 2 aromatic rings. The van der Waals surface area contributed by atoms with E-state index in [2.05, 4.69) is 15.6 Å². The molecular weight excluding hydrogens is 408 g/mol. The Morgan fingerprint density at radius 3 is 2.73 bits per heavy atom. The summed E-state index contributed by atoms with van der Waals surface area (Å²) in [5.41, 5.74) is 0.964. The molecule has 0 saturated carbocycles. The van der Waals surface area contributed by atoms with Crippen molar-refractivity contribution in [3.05, 3.63) is 53.3 Å². The van der Waals surface area contributed by atoms with E-state index >= 15 is 0 Å². The number of benzene rings is 1. The second-order valence-corrected chi connectivity index (χ2v) is 7.26. The highest BCUT2D eigenvalue weighted by Gasteiger charge is 2.35. The monoisotopic (exact) mass is 430 g/mol. The SMILES string of the molecule is COc1ccc(Cl)cc1C(=O)N1CCC[C@@H]1C(=O)NCCC(=O)Nc1ccncc1. The second-order valence-electron chi connectivity index (χ2n) is 6.83. The van der Waals surface area contributed by atoms with Crippen LogP contribution in [0.3, 0.4) is 0 Å². The van der Waals surface area contributed by atoms with Crippen molar-refractivity contribution < 1.29 is 19.1 Å². The lowest BCUT2D eigenvalue weighted by atomic mass is 10.1. The van der Waals surface area contributed by atoms with E-state index < -0.39 is 6.04 Å². The number of carbonyl (C=O) groups excluding carboxylic acids is 3. The maximum Gasteiger partial charge on any atom is 0.258 e. The van der Waals surface area contributed by atoms with Crippen molar-refractivity contribution in [1.29, 1.82) is 0 Å². The van der Waals surface area contributed by atoms with Gasteiger partial charge in [0.15, 0.2) is 0 Å². The summed E-state index contributed by atoms with van der Waals surface area (Å²) in [6.45, 7) is 0.643. The minimum Gasteiger partial charge on any atom is -0.496 e. The first-order valence-corrected chi connectivity index (χ1v) is 9.99. The summed E-state index contributed by atoms with van der Waals surface area (Å²) in [5.74, 6) is -0.395. The zero-order valence-electron chi connectivity index (χ0n) is 16.6. The fourth-order valence-electron chi connectivity index (χ4n) is 3.36. The molecule has 0 radical (unpaired) electrons. The highest BCUT2D eigenvalue weighted by molar-refractivity contribution is 6.31. The van der Waals surface area contributed by atoms with Gasteiger partial charge in [0.25, 0.3) is 5.91 Å². The smallest absolute Gasteiger partial charge is 0.258 e. The van der Waals surface area contributed by atoms with Crippen molar-refractivity contribution in [2.24, 2.45) is 0 Å². The van der Waals surface area contributed by atoms with Crippen LogP contribution in [-0.4, -0.2) is 53.8 Å². The summed E-state index contributed by atoms with van der Waals surface area (Å²) in [6, 6.07) is 7.58. The van der Waals surface area contributed by atoms with Crippen molar-refractivity contribution in [2.45, 2.75) is 25.3 Å². The minimum absolute atomic E-state index is 0.122. The third kappa shape index (κ3) is 5.27. The number of rotatable bonds is 7. The van der Waals surface area contributed by atoms with E-state index in [4.69, 9.17) is 16.3 Å². The van der Waals surface area contributed by atoms with Gasteiger partial charge in [-0.3, -0.25) is 19.4 Å². The molecule has 1 aliphatic rings. The van der Waals surface area contributed by atoms with Crippen LogP contribution >= 0.6 is 11.6 Å². The van der Waals surface area contributed by atoms with Gasteiger partial charge in [0.1, 0.15) is 11.8 Å². The summed E-state index contributed by atoms with van der Waals surface area (Å²) in [6.07, 6.45) is 4.56. The number of halogens is 1. The van der Waals surface area contributed by atoms with E-state index in [1.165, 1.54) is 12.0 Å². The molecular formula is C21H23ClN4O4. The molecule has 1 aromatic heterocycles. The summed E-state index contributed by atoms with van der Waals surface area (Å²) in [4.78, 5) is 43.1. The molecule has 3 rings (SSSR count). The average molecular weight is 431 g/mol. The number of amides is 3. The van der Waals surface area contributed by atoms with Crippen LogP contribution in [0.4, 0.5) is 5.69 Å². The van der Waals surface area contributed by atoms with Crippen molar-refractivity contribution in [2.75, 3.05) is 25.5 Å². The first-order valence-electron chi connectivity index (χ1n) is 9.61. The number of likely N-dealkylation sites (tertiary alicyclic amines) is 1. The molecule has 1 atom stereocenters. The summed E-state index contributed by atoms with van der Waals surface area (Å²) >= 11 is 6.03. The number of hydrogen-bond acceptors (Lipinski definition) is 5. The molecule has 8 nitrogen and oxygen atoms in total. The Balaban J connectivity index is 1.56. The number of ether oxygens (including phenoxy) is 1. The number of pyridine rings is 1. The summed E-state index contributed by atoms with van der Waals surface area (Å²) in [5, 5.41) is 5.90. The highest BCUT2D eigenvalue weighted by Crippen LogP contribution is 2.27. The van der Waals surface area contributed by atoms with E-state index in [9.17, 15) is 14.4 Å². The van der Waals surface area contributed by atoms with Crippen LogP contribution < -0.4 is 15.4 Å². The number of nitrogens with zero attached hydrogens (tertiary/aromatic N) is 2. The van der Waals surface area contributed by atoms with Gasteiger partial charge in [-0.1, -0.05) is 11.6 Å². The van der Waals surface area contributed by atoms with Gasteiger partial charge >= 0.3 is 0 Å². The lowest BCUT2D eigenvalue weighted by Gasteiger charge is -2.24. The molecule has 1 fully saturated rings. The van der Waals surface area contributed by atoms with Crippen molar-refractivity contribution in [3.8, 4) is 5.75 Å². The van der Waals surface area contributed by atoms with Gasteiger partial charge in [0, 0.05) is 42.6 Å². The van der Waals surface area contributed by atoms with Crippen LogP contribution in [0.5, 0.6) is 5.75 Å². The Morgan fingerprint density at radius 2 is 2.00 bits per heavy atom. The predicted molar refractivity (Wildman–Crippen MR) is 113 cm³/mol. The van der Waals surface area contributed by atoms with Crippen LogP contribution in [-0.2, 0) is 9.59 Å². The Morgan fingerprint density at radius 1 is 1.23 bits per heavy atom. The Kier molecular flexibility index (Phi) is 7.24. The van der Waals surface area contributed by atoms with E-state index in [-0.39, 0.29) is 30.7 Å². The Bertz CT molecular complexity index is 922. The molecule has 3 amide bonds. The number of nitrogens with one attached hydrogen (secondary N) is 2. The maximum atomic E-state index is 13.0. The number of anilines is 1. The standard InChI is InChI=1S/C21H23ClN4O4/c1-30-18-5-4-14(22)13-16(18)21(29)26-12-2-3-17(26)20(28)24-11-8-19(27)25-15-6-9-23-10-7-15/h4-7,9-10,13,17H,2-3,8,11-12H2,1H3,(H,24,28)(H,23,25,27)/t17-/m1/s1. The molecule has 1 aliphatic heterocycles. The Hall–Kier alpha value is -3.13. The number of methoxy groups -OCH3 is 1. The lowest BCUT2D eigenvalue weighted by Crippen LogP contribution is -2.46. The van der Waals surface area contributed by atoms with Crippen molar-refractivity contribution in [3.63, 3.8) is 0 Å². The molecule has 0 aliphatic carbocycles. The highest BCUT2D eigenvalue weighted by atomic mass is 35.5. The van der Waals surface area contributed by atoms with Gasteiger partial charge in [0.2, 0.25) is 11.8 Å². The average Bonchev–Trinajstić information content (AvgIpc) is 3.24. The topological polar surface area (TPSA) is 101 Å². The fraction of sp³-hybridized carbons (Fsp3) is 0.333. The molecule has 1 aromatic carbocycles. The zero-order chi connectivity index (χ0) is 21.5. The van der Waals surface area contributed by atoms with Crippen molar-refractivity contribution in [1.82, 2.24) is 15.2 Å². The number of aromatic nitrogens is 1. The van der Waals surface area contributed by atoms with Crippen LogP contribution in [0, 0.1) is 0 Å². The molecule has 158 valence electrons. The van der Waals surface area contributed by atoms with Crippen LogP contribution in [0.25, 0.3) is 0 Å². The predicted octanol–water partition coefficient (Wildman–Crippen LogP) is 2.49. The number of carbonyl (C=O) groups is 3. The van der Waals surface area contributed by atoms with Gasteiger partial charge in [-0.25, -0.2) is 0 Å². The molecule has 0 unspecified atom stereocenters. The third-order valence-electron chi connectivity index (χ3n) is 4.82. The molecule has 0 spiro atoms. The lowest BCUT2D eigenvalue weighted by molar-refractivity contribution is -0.125. The fourth-order valence-corrected chi connectivity index (χ4v) is 3.53. The van der Waals surface area contributed by atoms with E-state index in [0.29, 0.717) is 35.0 Å². The molecule has 2 heterocycles. The van der Waals surface area contributed by atoms with Crippen LogP contribution in [0.15, 0.2) is 42.7 Å². The minimum atomic E-state index is -0.593. The van der Waals surface area contributed by atoms with Crippen molar-refractivity contribution >= 4 is 35.0 Å². The third-order valence-corrected chi connectivity index (χ3v) is 5.06. The second kappa shape index (κ2) is 10.1. The van der Waals surface area contributed by atoms with Crippen LogP contribution in [0.2, 0.25) is 5.02 Å². The first-order chi connectivity index (χ1) is 14.5. The van der Waals surface area contributed by atoms with E-state index in [0.717, 1.165) is 6.42 Å². The quantitative estimate of drug-likeness (QED) is 0.702. The van der Waals surface area contributed by atoms with E-state index in [1.807, 2.05) is 0 Å². The molecule has 30 heavy (non-hydrogen) atoms. The largest absolute Gasteiger partial charge is 0.496 e. The first kappa shape index (κ1) is 21.6. The van der Waals surface area contributed by atoms with Gasteiger partial charge < -0.3 is 20.3 Å². The Labute approximate surface area is 179 Å². The van der Waals surface area contributed by atoms with Gasteiger partial charge in [-0.15, -0.1) is 0 Å². The van der Waals surface area contributed by atoms with Gasteiger partial charge in [0.05, 0.1) is 12.7 Å². The summed E-state index contributed by atoms with van der Waals surface area (Å²) in [7, 11) is 1.48. The molecule has 2 N–H and O–H groups in total. The molecule has 1 saturated heterocycles. The summed E-state index contributed by atoms with van der Waals surface area (Å²) < 4.78 is 5.26. The number of hydrogen-bond donors (Lipinski definition) is 2. The molecule has 9 heteroatoms. The van der Waals surface area contributed by atoms with Gasteiger partial charge in [-0.2, -0.15) is 0 Å².